The Bertz CT molecular complexity index is 318. The van der Waals surface area contributed by atoms with Crippen LogP contribution in [0.1, 0.15) is 5.56 Å². The Morgan fingerprint density at radius 2 is 2.25 bits per heavy atom. The third kappa shape index (κ3) is 1.69. The van der Waals surface area contributed by atoms with E-state index in [4.69, 9.17) is 11.1 Å². The van der Waals surface area contributed by atoms with Gasteiger partial charge in [-0.1, -0.05) is 12.1 Å². The van der Waals surface area contributed by atoms with Crippen LogP contribution in [0.5, 0.6) is 0 Å². The molecule has 12 heavy (non-hydrogen) atoms. The Hall–Kier alpha value is -1.64. The fourth-order valence-electron chi connectivity index (χ4n) is 0.896. The molecule has 0 aliphatic heterocycles. The maximum atomic E-state index is 12.7. The van der Waals surface area contributed by atoms with E-state index in [9.17, 15) is 4.39 Å². The van der Waals surface area contributed by atoms with Gasteiger partial charge in [0.15, 0.2) is 0 Å². The van der Waals surface area contributed by atoms with Crippen LogP contribution in [0.2, 0.25) is 0 Å². The van der Waals surface area contributed by atoms with Crippen LogP contribution >= 0.6 is 0 Å². The summed E-state index contributed by atoms with van der Waals surface area (Å²) < 4.78 is 12.7. The molecule has 1 aromatic rings. The summed E-state index contributed by atoms with van der Waals surface area (Å²) in [6.45, 7) is 0. The van der Waals surface area contributed by atoms with E-state index in [1.54, 1.807) is 12.1 Å². The van der Waals surface area contributed by atoms with Gasteiger partial charge in [-0.2, -0.15) is 0 Å². The maximum Gasteiger partial charge on any atom is 0.123 e. The molecule has 0 bridgehead atoms. The van der Waals surface area contributed by atoms with Gasteiger partial charge in [0.1, 0.15) is 5.82 Å². The number of allylic oxidation sites excluding steroid dienone is 1. The normalized spacial score (nSPS) is 11.2. The first-order chi connectivity index (χ1) is 5.77. The summed E-state index contributed by atoms with van der Waals surface area (Å²) in [6.07, 6.45) is 2.37. The Morgan fingerprint density at radius 1 is 1.50 bits per heavy atom. The predicted octanol–water partition coefficient (Wildman–Crippen LogP) is 1.77. The SMILES string of the molecule is N=C/C(=C\N)c1cccc(F)c1. The Balaban J connectivity index is 3.10. The second-order valence-corrected chi connectivity index (χ2v) is 2.28. The van der Waals surface area contributed by atoms with E-state index in [1.807, 2.05) is 0 Å². The quantitative estimate of drug-likeness (QED) is 0.643. The largest absolute Gasteiger partial charge is 0.404 e. The van der Waals surface area contributed by atoms with Gasteiger partial charge in [-0.3, -0.25) is 0 Å². The lowest BCUT2D eigenvalue weighted by molar-refractivity contribution is 0.627. The summed E-state index contributed by atoms with van der Waals surface area (Å²) in [6, 6.07) is 5.97. The van der Waals surface area contributed by atoms with Crippen molar-refractivity contribution in [1.82, 2.24) is 0 Å². The van der Waals surface area contributed by atoms with Crippen molar-refractivity contribution in [2.45, 2.75) is 0 Å². The zero-order valence-corrected chi connectivity index (χ0v) is 6.42. The van der Waals surface area contributed by atoms with Crippen molar-refractivity contribution >= 4 is 11.8 Å². The van der Waals surface area contributed by atoms with E-state index in [2.05, 4.69) is 0 Å². The molecule has 62 valence electrons. The first-order valence-corrected chi connectivity index (χ1v) is 3.46. The molecule has 0 radical (unpaired) electrons. The van der Waals surface area contributed by atoms with Gasteiger partial charge in [0.25, 0.3) is 0 Å². The van der Waals surface area contributed by atoms with E-state index in [-0.39, 0.29) is 5.82 Å². The van der Waals surface area contributed by atoms with E-state index in [1.165, 1.54) is 18.3 Å². The summed E-state index contributed by atoms with van der Waals surface area (Å²) in [5.74, 6) is -0.325. The highest BCUT2D eigenvalue weighted by Gasteiger charge is 1.97. The molecule has 0 saturated heterocycles. The molecule has 0 heterocycles. The van der Waals surface area contributed by atoms with Crippen LogP contribution in [0.3, 0.4) is 0 Å². The van der Waals surface area contributed by atoms with Crippen molar-refractivity contribution in [1.29, 1.82) is 5.41 Å². The fraction of sp³-hybridized carbons (Fsp3) is 0. The molecule has 0 aliphatic rings. The summed E-state index contributed by atoms with van der Waals surface area (Å²) in [4.78, 5) is 0. The van der Waals surface area contributed by atoms with Crippen molar-refractivity contribution in [3.8, 4) is 0 Å². The summed E-state index contributed by atoms with van der Waals surface area (Å²) >= 11 is 0. The van der Waals surface area contributed by atoms with Crippen molar-refractivity contribution in [3.63, 3.8) is 0 Å². The topological polar surface area (TPSA) is 49.9 Å². The maximum absolute atomic E-state index is 12.7. The molecule has 0 atom stereocenters. The zero-order chi connectivity index (χ0) is 8.97. The first-order valence-electron chi connectivity index (χ1n) is 3.46. The Labute approximate surface area is 70.0 Å². The van der Waals surface area contributed by atoms with Crippen LogP contribution in [-0.2, 0) is 0 Å². The number of hydrogen-bond donors (Lipinski definition) is 2. The number of rotatable bonds is 2. The number of hydrogen-bond acceptors (Lipinski definition) is 2. The van der Waals surface area contributed by atoms with Gasteiger partial charge in [0.2, 0.25) is 0 Å². The second-order valence-electron chi connectivity index (χ2n) is 2.28. The van der Waals surface area contributed by atoms with Crippen LogP contribution in [0, 0.1) is 11.2 Å². The van der Waals surface area contributed by atoms with Crippen LogP contribution in [0.15, 0.2) is 30.5 Å². The molecular weight excluding hydrogens is 155 g/mol. The van der Waals surface area contributed by atoms with Gasteiger partial charge in [-0.25, -0.2) is 4.39 Å². The highest BCUT2D eigenvalue weighted by Crippen LogP contribution is 2.11. The number of nitrogens with two attached hydrogens (primary N) is 1. The van der Waals surface area contributed by atoms with Gasteiger partial charge in [-0.15, -0.1) is 0 Å². The van der Waals surface area contributed by atoms with Gasteiger partial charge in [0, 0.05) is 18.0 Å². The molecule has 0 aliphatic carbocycles. The predicted molar refractivity (Wildman–Crippen MR) is 47.3 cm³/mol. The molecule has 0 amide bonds. The smallest absolute Gasteiger partial charge is 0.123 e. The van der Waals surface area contributed by atoms with Gasteiger partial charge in [-0.05, 0) is 17.7 Å². The molecule has 0 fully saturated rings. The lowest BCUT2D eigenvalue weighted by Gasteiger charge is -1.99. The van der Waals surface area contributed by atoms with Crippen LogP contribution in [0.4, 0.5) is 4.39 Å². The van der Waals surface area contributed by atoms with Gasteiger partial charge < -0.3 is 11.1 Å². The first kappa shape index (κ1) is 8.46. The number of halogens is 1. The number of benzene rings is 1. The molecule has 0 spiro atoms. The molecular formula is C9H9FN2. The van der Waals surface area contributed by atoms with Crippen molar-refractivity contribution in [2.24, 2.45) is 5.73 Å². The van der Waals surface area contributed by atoms with E-state index >= 15 is 0 Å². The standard InChI is InChI=1S/C9H9FN2/c10-9-3-1-2-7(4-9)8(5-11)6-12/h1-6,11H,12H2/b8-6+,11-5?. The second kappa shape index (κ2) is 3.67. The Morgan fingerprint density at radius 3 is 2.75 bits per heavy atom. The monoisotopic (exact) mass is 164 g/mol. The molecule has 0 saturated carbocycles. The molecule has 0 aromatic heterocycles. The average Bonchev–Trinajstić information content (AvgIpc) is 2.07. The summed E-state index contributed by atoms with van der Waals surface area (Å²) in [5.41, 5.74) is 6.36. The van der Waals surface area contributed by atoms with Crippen LogP contribution < -0.4 is 5.73 Å². The molecule has 1 rings (SSSR count). The molecule has 3 N–H and O–H groups in total. The zero-order valence-electron chi connectivity index (χ0n) is 6.42. The minimum atomic E-state index is -0.325. The highest BCUT2D eigenvalue weighted by atomic mass is 19.1. The minimum Gasteiger partial charge on any atom is -0.404 e. The third-order valence-corrected chi connectivity index (χ3v) is 1.49. The lowest BCUT2D eigenvalue weighted by Crippen LogP contribution is -1.90. The third-order valence-electron chi connectivity index (χ3n) is 1.49. The summed E-state index contributed by atoms with van der Waals surface area (Å²) in [5, 5.41) is 6.97. The average molecular weight is 164 g/mol. The minimum absolute atomic E-state index is 0.325. The van der Waals surface area contributed by atoms with Crippen molar-refractivity contribution < 1.29 is 4.39 Å². The fourth-order valence-corrected chi connectivity index (χ4v) is 0.896. The van der Waals surface area contributed by atoms with Crippen molar-refractivity contribution in [3.05, 3.63) is 41.8 Å². The van der Waals surface area contributed by atoms with E-state index in [0.29, 0.717) is 11.1 Å². The van der Waals surface area contributed by atoms with E-state index in [0.717, 1.165) is 6.21 Å². The van der Waals surface area contributed by atoms with Gasteiger partial charge in [0.05, 0.1) is 0 Å². The number of nitrogens with one attached hydrogen (secondary N) is 1. The molecule has 3 heteroatoms. The van der Waals surface area contributed by atoms with Crippen molar-refractivity contribution in [2.75, 3.05) is 0 Å². The Kier molecular flexibility index (Phi) is 2.58. The lowest BCUT2D eigenvalue weighted by atomic mass is 10.1. The van der Waals surface area contributed by atoms with E-state index < -0.39 is 0 Å². The molecule has 1 aromatic carbocycles. The van der Waals surface area contributed by atoms with Gasteiger partial charge >= 0.3 is 0 Å². The van der Waals surface area contributed by atoms with Crippen LogP contribution in [-0.4, -0.2) is 6.21 Å². The summed E-state index contributed by atoms with van der Waals surface area (Å²) in [7, 11) is 0. The molecule has 2 nitrogen and oxygen atoms in total. The van der Waals surface area contributed by atoms with Crippen LogP contribution in [0.25, 0.3) is 5.57 Å². The molecule has 0 unspecified atom stereocenters. The highest BCUT2D eigenvalue weighted by molar-refractivity contribution is 6.08.